The van der Waals surface area contributed by atoms with Crippen molar-refractivity contribution in [3.63, 3.8) is 0 Å². The zero-order valence-electron chi connectivity index (χ0n) is 8.94. The fourth-order valence-electron chi connectivity index (χ4n) is 1.83. The van der Waals surface area contributed by atoms with Crippen LogP contribution in [0.1, 0.15) is 59.8 Å². The van der Waals surface area contributed by atoms with E-state index in [1.54, 1.807) is 0 Å². The monoisotopic (exact) mass is 170 g/mol. The Morgan fingerprint density at radius 1 is 1.00 bits per heavy atom. The Morgan fingerprint density at radius 3 is 1.67 bits per heavy atom. The lowest BCUT2D eigenvalue weighted by Gasteiger charge is -2.28. The fraction of sp³-hybridized carbons (Fsp3) is 0.909. The lowest BCUT2D eigenvalue weighted by Crippen LogP contribution is -2.28. The molecule has 0 aliphatic heterocycles. The molecule has 0 saturated carbocycles. The Labute approximate surface area is 76.6 Å². The van der Waals surface area contributed by atoms with Crippen LogP contribution in [-0.2, 0) is 4.79 Å². The molecule has 0 aliphatic rings. The first-order chi connectivity index (χ1) is 5.66. The molecule has 72 valence electrons. The molecule has 1 nitrogen and oxygen atoms in total. The summed E-state index contributed by atoms with van der Waals surface area (Å²) in [7, 11) is 0. The molecule has 0 fully saturated rings. The number of ketones is 1. The third kappa shape index (κ3) is 2.33. The first kappa shape index (κ1) is 11.7. The quantitative estimate of drug-likeness (QED) is 0.595. The highest BCUT2D eigenvalue weighted by Crippen LogP contribution is 2.32. The van der Waals surface area contributed by atoms with Crippen LogP contribution in [0.4, 0.5) is 0 Å². The van der Waals surface area contributed by atoms with Gasteiger partial charge in [-0.05, 0) is 25.7 Å². The van der Waals surface area contributed by atoms with Gasteiger partial charge in [-0.1, -0.05) is 27.7 Å². The standard InChI is InChI=1S/C11H22O/c1-5-9-10(12)11(6-2,7-3)8-4/h5-9H2,1-4H3. The van der Waals surface area contributed by atoms with E-state index in [0.717, 1.165) is 32.1 Å². The summed E-state index contributed by atoms with van der Waals surface area (Å²) in [6.45, 7) is 8.45. The second-order valence-corrected chi connectivity index (χ2v) is 3.51. The van der Waals surface area contributed by atoms with Gasteiger partial charge in [0.05, 0.1) is 0 Å². The van der Waals surface area contributed by atoms with E-state index in [-0.39, 0.29) is 5.41 Å². The summed E-state index contributed by atoms with van der Waals surface area (Å²) in [5.41, 5.74) is -0.00396. The van der Waals surface area contributed by atoms with Gasteiger partial charge in [0.1, 0.15) is 5.78 Å². The maximum Gasteiger partial charge on any atom is 0.138 e. The van der Waals surface area contributed by atoms with Crippen LogP contribution in [0.3, 0.4) is 0 Å². The molecule has 0 aromatic heterocycles. The summed E-state index contributed by atoms with van der Waals surface area (Å²) in [6.07, 6.45) is 4.74. The van der Waals surface area contributed by atoms with Gasteiger partial charge in [-0.2, -0.15) is 0 Å². The second kappa shape index (κ2) is 5.34. The average Bonchev–Trinajstić information content (AvgIpc) is 2.09. The highest BCUT2D eigenvalue weighted by Gasteiger charge is 2.31. The normalized spacial score (nSPS) is 11.7. The lowest BCUT2D eigenvalue weighted by atomic mass is 9.75. The SMILES string of the molecule is CCCC(=O)C(CC)(CC)CC. The van der Waals surface area contributed by atoms with Gasteiger partial charge in [-0.25, -0.2) is 0 Å². The van der Waals surface area contributed by atoms with Gasteiger partial charge >= 0.3 is 0 Å². The minimum atomic E-state index is -0.00396. The third-order valence-corrected chi connectivity index (χ3v) is 3.10. The van der Waals surface area contributed by atoms with Crippen LogP contribution >= 0.6 is 0 Å². The Bertz CT molecular complexity index is 126. The van der Waals surface area contributed by atoms with Crippen LogP contribution in [0.5, 0.6) is 0 Å². The Balaban J connectivity index is 4.36. The van der Waals surface area contributed by atoms with Crippen molar-refractivity contribution >= 4 is 5.78 Å². The van der Waals surface area contributed by atoms with E-state index < -0.39 is 0 Å². The summed E-state index contributed by atoms with van der Waals surface area (Å²) in [6, 6.07) is 0. The minimum absolute atomic E-state index is 0.00396. The molecule has 1 heteroatoms. The largest absolute Gasteiger partial charge is 0.299 e. The zero-order valence-corrected chi connectivity index (χ0v) is 8.94. The average molecular weight is 170 g/mol. The number of hydrogen-bond acceptors (Lipinski definition) is 1. The Morgan fingerprint density at radius 2 is 1.42 bits per heavy atom. The van der Waals surface area contributed by atoms with E-state index >= 15 is 0 Å². The minimum Gasteiger partial charge on any atom is -0.299 e. The van der Waals surface area contributed by atoms with Crippen molar-refractivity contribution in [2.75, 3.05) is 0 Å². The van der Waals surface area contributed by atoms with Crippen molar-refractivity contribution in [3.8, 4) is 0 Å². The van der Waals surface area contributed by atoms with Crippen LogP contribution in [0.2, 0.25) is 0 Å². The highest BCUT2D eigenvalue weighted by atomic mass is 16.1. The maximum atomic E-state index is 11.8. The molecule has 0 aromatic carbocycles. The molecule has 0 unspecified atom stereocenters. The van der Waals surface area contributed by atoms with Gasteiger partial charge in [0, 0.05) is 11.8 Å². The van der Waals surface area contributed by atoms with Gasteiger partial charge in [-0.3, -0.25) is 4.79 Å². The number of rotatable bonds is 6. The van der Waals surface area contributed by atoms with E-state index in [1.165, 1.54) is 0 Å². The molecule has 0 amide bonds. The van der Waals surface area contributed by atoms with Gasteiger partial charge in [0.15, 0.2) is 0 Å². The Hall–Kier alpha value is -0.330. The predicted molar refractivity (Wildman–Crippen MR) is 53.2 cm³/mol. The summed E-state index contributed by atoms with van der Waals surface area (Å²) < 4.78 is 0. The van der Waals surface area contributed by atoms with E-state index in [1.807, 2.05) is 0 Å². The second-order valence-electron chi connectivity index (χ2n) is 3.51. The Kier molecular flexibility index (Phi) is 5.19. The van der Waals surface area contributed by atoms with E-state index in [4.69, 9.17) is 0 Å². The van der Waals surface area contributed by atoms with Crippen LogP contribution in [0.25, 0.3) is 0 Å². The fourth-order valence-corrected chi connectivity index (χ4v) is 1.83. The van der Waals surface area contributed by atoms with Crippen LogP contribution < -0.4 is 0 Å². The predicted octanol–water partition coefficient (Wildman–Crippen LogP) is 3.57. The summed E-state index contributed by atoms with van der Waals surface area (Å²) >= 11 is 0. The molecule has 0 atom stereocenters. The highest BCUT2D eigenvalue weighted by molar-refractivity contribution is 5.84. The first-order valence-corrected chi connectivity index (χ1v) is 5.20. The van der Waals surface area contributed by atoms with Gasteiger partial charge in [0.2, 0.25) is 0 Å². The summed E-state index contributed by atoms with van der Waals surface area (Å²) in [5, 5.41) is 0. The first-order valence-electron chi connectivity index (χ1n) is 5.20. The van der Waals surface area contributed by atoms with Crippen LogP contribution in [-0.4, -0.2) is 5.78 Å². The van der Waals surface area contributed by atoms with E-state index in [2.05, 4.69) is 27.7 Å². The number of carbonyl (C=O) groups is 1. The maximum absolute atomic E-state index is 11.8. The van der Waals surface area contributed by atoms with Crippen molar-refractivity contribution in [1.82, 2.24) is 0 Å². The lowest BCUT2D eigenvalue weighted by molar-refractivity contribution is -0.129. The summed E-state index contributed by atoms with van der Waals surface area (Å²) in [5.74, 6) is 0.470. The van der Waals surface area contributed by atoms with E-state index in [0.29, 0.717) is 5.78 Å². The molecule has 0 N–H and O–H groups in total. The molecule has 0 spiro atoms. The zero-order chi connectivity index (χ0) is 9.61. The molecule has 0 aromatic rings. The van der Waals surface area contributed by atoms with Crippen LogP contribution in [0, 0.1) is 5.41 Å². The molecule has 0 rings (SSSR count). The molecule has 0 heterocycles. The van der Waals surface area contributed by atoms with E-state index in [9.17, 15) is 4.79 Å². The number of Topliss-reactive ketones (excluding diaryl/α,β-unsaturated/α-hetero) is 1. The summed E-state index contributed by atoms with van der Waals surface area (Å²) in [4.78, 5) is 11.8. The molecule has 0 bridgehead atoms. The van der Waals surface area contributed by atoms with Crippen molar-refractivity contribution in [2.45, 2.75) is 59.8 Å². The van der Waals surface area contributed by atoms with Crippen LogP contribution in [0.15, 0.2) is 0 Å². The molecule has 0 aliphatic carbocycles. The molecule has 12 heavy (non-hydrogen) atoms. The number of hydrogen-bond donors (Lipinski definition) is 0. The third-order valence-electron chi connectivity index (χ3n) is 3.10. The van der Waals surface area contributed by atoms with Gasteiger partial charge in [-0.15, -0.1) is 0 Å². The van der Waals surface area contributed by atoms with Crippen molar-refractivity contribution in [2.24, 2.45) is 5.41 Å². The van der Waals surface area contributed by atoms with Gasteiger partial charge < -0.3 is 0 Å². The van der Waals surface area contributed by atoms with Crippen molar-refractivity contribution in [3.05, 3.63) is 0 Å². The molecular formula is C11H22O. The molecule has 0 saturated heterocycles. The molecular weight excluding hydrogens is 148 g/mol. The molecule has 0 radical (unpaired) electrons. The topological polar surface area (TPSA) is 17.1 Å². The van der Waals surface area contributed by atoms with Crippen molar-refractivity contribution < 1.29 is 4.79 Å². The van der Waals surface area contributed by atoms with Crippen molar-refractivity contribution in [1.29, 1.82) is 0 Å². The number of carbonyl (C=O) groups excluding carboxylic acids is 1. The van der Waals surface area contributed by atoms with Gasteiger partial charge in [0.25, 0.3) is 0 Å². The smallest absolute Gasteiger partial charge is 0.138 e.